The van der Waals surface area contributed by atoms with Gasteiger partial charge in [0, 0.05) is 0 Å². The molecule has 88 valence electrons. The molecule has 0 bridgehead atoms. The summed E-state index contributed by atoms with van der Waals surface area (Å²) in [5.41, 5.74) is 0. The molecule has 4 nitrogen and oxygen atoms in total. The summed E-state index contributed by atoms with van der Waals surface area (Å²) in [6, 6.07) is -0.233. The summed E-state index contributed by atoms with van der Waals surface area (Å²) in [5.74, 6) is -0.916. The molecule has 0 aliphatic carbocycles. The first-order valence-corrected chi connectivity index (χ1v) is 5.65. The summed E-state index contributed by atoms with van der Waals surface area (Å²) in [6.45, 7) is 3.94. The summed E-state index contributed by atoms with van der Waals surface area (Å²) in [7, 11) is 0. The van der Waals surface area contributed by atoms with Crippen molar-refractivity contribution in [2.45, 2.75) is 19.9 Å². The van der Waals surface area contributed by atoms with Crippen molar-refractivity contribution in [3.63, 3.8) is 0 Å². The van der Waals surface area contributed by atoms with Gasteiger partial charge in [0.05, 0.1) is 6.04 Å². The maximum absolute atomic E-state index is 11.0. The van der Waals surface area contributed by atoms with Crippen molar-refractivity contribution >= 4 is 35.1 Å². The molecule has 0 saturated carbocycles. The number of ether oxygens (including phenoxy) is 1. The van der Waals surface area contributed by atoms with Gasteiger partial charge in [0.15, 0.2) is 0 Å². The topological polar surface area (TPSA) is 55.4 Å². The third kappa shape index (κ3) is 6.57. The molecule has 1 N–H and O–H groups in total. The Balaban J connectivity index is 4.05. The molecular weight excluding hydrogens is 241 g/mol. The van der Waals surface area contributed by atoms with Gasteiger partial charge in [-0.25, -0.2) is 0 Å². The Morgan fingerprint density at radius 1 is 1.27 bits per heavy atom. The molecule has 0 unspecified atom stereocenters. The summed E-state index contributed by atoms with van der Waals surface area (Å²) in [5, 5.41) is 2.65. The first-order chi connectivity index (χ1) is 7.01. The Morgan fingerprint density at radius 2 is 1.87 bits per heavy atom. The normalized spacial score (nSPS) is 12.3. The molecule has 0 rings (SSSR count). The van der Waals surface area contributed by atoms with Crippen molar-refractivity contribution < 1.29 is 14.3 Å². The van der Waals surface area contributed by atoms with Crippen LogP contribution < -0.4 is 5.32 Å². The fourth-order valence-electron chi connectivity index (χ4n) is 0.867. The third-order valence-electron chi connectivity index (χ3n) is 1.81. The molecule has 0 aromatic carbocycles. The first kappa shape index (κ1) is 14.5. The van der Waals surface area contributed by atoms with Crippen LogP contribution in [-0.4, -0.2) is 36.3 Å². The monoisotopic (exact) mass is 255 g/mol. The van der Waals surface area contributed by atoms with E-state index in [1.807, 2.05) is 13.8 Å². The lowest BCUT2D eigenvalue weighted by molar-refractivity contribution is -0.142. The van der Waals surface area contributed by atoms with E-state index in [9.17, 15) is 9.59 Å². The summed E-state index contributed by atoms with van der Waals surface area (Å²) < 4.78 is 4.83. The molecule has 0 heterocycles. The fourth-order valence-corrected chi connectivity index (χ4v) is 1.02. The number of carbonyl (C=O) groups excluding carboxylic acids is 2. The Bertz CT molecular complexity index is 221. The fraction of sp³-hybridized carbons (Fsp3) is 0.778. The van der Waals surface area contributed by atoms with E-state index in [-0.39, 0.29) is 36.2 Å². The second kappa shape index (κ2) is 7.77. The predicted octanol–water partition coefficient (Wildman–Crippen LogP) is 1.15. The zero-order valence-electron chi connectivity index (χ0n) is 8.76. The highest BCUT2D eigenvalue weighted by atomic mass is 35.5. The highest BCUT2D eigenvalue weighted by Crippen LogP contribution is 2.03. The van der Waals surface area contributed by atoms with Gasteiger partial charge in [0.25, 0.3) is 0 Å². The van der Waals surface area contributed by atoms with Crippen molar-refractivity contribution in [2.24, 2.45) is 5.92 Å². The van der Waals surface area contributed by atoms with E-state index in [0.717, 1.165) is 0 Å². The van der Waals surface area contributed by atoms with Crippen LogP contribution in [0.15, 0.2) is 0 Å². The lowest BCUT2D eigenvalue weighted by Gasteiger charge is -2.21. The van der Waals surface area contributed by atoms with Crippen LogP contribution in [0.4, 0.5) is 0 Å². The molecule has 0 saturated heterocycles. The van der Waals surface area contributed by atoms with Crippen LogP contribution >= 0.6 is 23.2 Å². The highest BCUT2D eigenvalue weighted by molar-refractivity contribution is 6.27. The molecule has 0 fully saturated rings. The number of hydrogen-bond acceptors (Lipinski definition) is 3. The number of carbonyl (C=O) groups is 2. The molecule has 0 spiro atoms. The number of rotatable bonds is 6. The van der Waals surface area contributed by atoms with Crippen molar-refractivity contribution in [1.29, 1.82) is 0 Å². The third-order valence-corrected chi connectivity index (χ3v) is 2.27. The van der Waals surface area contributed by atoms with E-state index in [4.69, 9.17) is 27.9 Å². The van der Waals surface area contributed by atoms with Crippen molar-refractivity contribution in [2.75, 3.05) is 18.4 Å². The SMILES string of the molecule is CC(C)[C@@H](COC(=O)CCl)NC(=O)CCl. The van der Waals surface area contributed by atoms with Gasteiger partial charge in [0.1, 0.15) is 18.4 Å². The van der Waals surface area contributed by atoms with Crippen LogP contribution in [0.1, 0.15) is 13.8 Å². The minimum atomic E-state index is -0.498. The molecule has 1 atom stereocenters. The Labute approximate surface area is 99.3 Å². The molecule has 1 amide bonds. The van der Waals surface area contributed by atoms with Gasteiger partial charge in [0.2, 0.25) is 5.91 Å². The van der Waals surface area contributed by atoms with Crippen molar-refractivity contribution in [3.05, 3.63) is 0 Å². The molecule has 0 aromatic heterocycles. The molecule has 0 aromatic rings. The van der Waals surface area contributed by atoms with Crippen molar-refractivity contribution in [3.8, 4) is 0 Å². The molecule has 0 radical (unpaired) electrons. The van der Waals surface area contributed by atoms with Crippen LogP contribution in [0, 0.1) is 5.92 Å². The average Bonchev–Trinajstić information content (AvgIpc) is 2.22. The molecular formula is C9H15Cl2NO3. The van der Waals surface area contributed by atoms with Crippen LogP contribution in [-0.2, 0) is 14.3 Å². The van der Waals surface area contributed by atoms with Crippen molar-refractivity contribution in [1.82, 2.24) is 5.32 Å². The van der Waals surface area contributed by atoms with E-state index in [1.54, 1.807) is 0 Å². The number of nitrogens with one attached hydrogen (secondary N) is 1. The number of esters is 1. The Hall–Kier alpha value is -0.480. The second-order valence-electron chi connectivity index (χ2n) is 3.37. The molecule has 6 heteroatoms. The number of alkyl halides is 2. The van der Waals surface area contributed by atoms with E-state index in [0.29, 0.717) is 0 Å². The summed E-state index contributed by atoms with van der Waals surface area (Å²) in [6.07, 6.45) is 0. The Kier molecular flexibility index (Phi) is 7.52. The van der Waals surface area contributed by atoms with E-state index in [2.05, 4.69) is 5.32 Å². The van der Waals surface area contributed by atoms with Gasteiger partial charge < -0.3 is 10.1 Å². The molecule has 15 heavy (non-hydrogen) atoms. The highest BCUT2D eigenvalue weighted by Gasteiger charge is 2.17. The summed E-state index contributed by atoms with van der Waals surface area (Å²) >= 11 is 10.6. The minimum absolute atomic E-state index is 0.104. The first-order valence-electron chi connectivity index (χ1n) is 4.58. The van der Waals surface area contributed by atoms with Crippen LogP contribution in [0.2, 0.25) is 0 Å². The smallest absolute Gasteiger partial charge is 0.320 e. The summed E-state index contributed by atoms with van der Waals surface area (Å²) in [4.78, 5) is 21.8. The maximum atomic E-state index is 11.0. The standard InChI is InChI=1S/C9H15Cl2NO3/c1-6(2)7(12-8(13)3-10)5-15-9(14)4-11/h6-7H,3-5H2,1-2H3,(H,12,13)/t7-/m1/s1. The predicted molar refractivity (Wildman–Crippen MR) is 59.2 cm³/mol. The van der Waals surface area contributed by atoms with Crippen LogP contribution in [0.3, 0.4) is 0 Å². The van der Waals surface area contributed by atoms with E-state index < -0.39 is 5.97 Å². The lowest BCUT2D eigenvalue weighted by atomic mass is 10.1. The van der Waals surface area contributed by atoms with Gasteiger partial charge in [-0.15, -0.1) is 23.2 Å². The van der Waals surface area contributed by atoms with Gasteiger partial charge in [-0.05, 0) is 5.92 Å². The van der Waals surface area contributed by atoms with Crippen LogP contribution in [0.5, 0.6) is 0 Å². The van der Waals surface area contributed by atoms with Gasteiger partial charge >= 0.3 is 5.97 Å². The number of amides is 1. The zero-order valence-corrected chi connectivity index (χ0v) is 10.3. The largest absolute Gasteiger partial charge is 0.463 e. The van der Waals surface area contributed by atoms with Gasteiger partial charge in [-0.2, -0.15) is 0 Å². The average molecular weight is 256 g/mol. The zero-order chi connectivity index (χ0) is 11.8. The second-order valence-corrected chi connectivity index (χ2v) is 3.90. The quantitative estimate of drug-likeness (QED) is 0.573. The van der Waals surface area contributed by atoms with Crippen LogP contribution in [0.25, 0.3) is 0 Å². The van der Waals surface area contributed by atoms with E-state index in [1.165, 1.54) is 0 Å². The minimum Gasteiger partial charge on any atom is -0.463 e. The van der Waals surface area contributed by atoms with Gasteiger partial charge in [-0.3, -0.25) is 9.59 Å². The lowest BCUT2D eigenvalue weighted by Crippen LogP contribution is -2.43. The maximum Gasteiger partial charge on any atom is 0.320 e. The molecule has 0 aliphatic rings. The van der Waals surface area contributed by atoms with E-state index >= 15 is 0 Å². The van der Waals surface area contributed by atoms with Gasteiger partial charge in [-0.1, -0.05) is 13.8 Å². The number of hydrogen-bond donors (Lipinski definition) is 1. The number of halogens is 2. The Morgan fingerprint density at radius 3 is 2.27 bits per heavy atom. The molecule has 0 aliphatic heterocycles.